The molecule has 5 aromatic rings. The zero-order valence-electron chi connectivity index (χ0n) is 20.3. The van der Waals surface area contributed by atoms with Gasteiger partial charge >= 0.3 is 0 Å². The van der Waals surface area contributed by atoms with E-state index in [0.717, 1.165) is 41.6 Å². The van der Waals surface area contributed by atoms with E-state index >= 15 is 0 Å². The van der Waals surface area contributed by atoms with Crippen molar-refractivity contribution in [2.45, 2.75) is 65.5 Å². The monoisotopic (exact) mass is 487 g/mol. The molecule has 180 valence electrons. The molecular formula is C28H30ClN5O. The predicted octanol–water partition coefficient (Wildman–Crippen LogP) is 6.67. The van der Waals surface area contributed by atoms with Crippen molar-refractivity contribution in [3.05, 3.63) is 75.3 Å². The number of nitrogens with zero attached hydrogens (tertiary/aromatic N) is 5. The van der Waals surface area contributed by atoms with Crippen molar-refractivity contribution in [1.29, 1.82) is 0 Å². The van der Waals surface area contributed by atoms with E-state index < -0.39 is 0 Å². The molecule has 0 N–H and O–H groups in total. The van der Waals surface area contributed by atoms with E-state index in [1.165, 1.54) is 25.7 Å². The van der Waals surface area contributed by atoms with Crippen molar-refractivity contribution >= 4 is 44.8 Å². The molecule has 0 saturated heterocycles. The molecular weight excluding hydrogens is 458 g/mol. The number of hydrogen-bond donors (Lipinski definition) is 0. The van der Waals surface area contributed by atoms with Crippen LogP contribution in [-0.4, -0.2) is 24.1 Å². The number of fused-ring (bicyclic) bond motifs is 4. The van der Waals surface area contributed by atoms with Crippen LogP contribution in [0.1, 0.15) is 56.8 Å². The highest BCUT2D eigenvalue weighted by molar-refractivity contribution is 6.30. The van der Waals surface area contributed by atoms with Crippen molar-refractivity contribution in [2.75, 3.05) is 0 Å². The standard InChI is InChI=1S/C28H30ClN5O/c1-3-4-5-6-7-10-17-33-26-24(25-27(33)32-23-12-9-8-11-22(23)31-25)28(35)34(19(2)30-26)18-20-13-15-21(29)16-14-20/h8-9,11-16H,3-7,10,17-18H2,1-2H3. The zero-order chi connectivity index (χ0) is 24.4. The highest BCUT2D eigenvalue weighted by Gasteiger charge is 2.21. The Kier molecular flexibility index (Phi) is 6.82. The van der Waals surface area contributed by atoms with Crippen LogP contribution in [-0.2, 0) is 13.1 Å². The first-order valence-electron chi connectivity index (χ1n) is 12.5. The van der Waals surface area contributed by atoms with Crippen LogP contribution in [0.15, 0.2) is 53.3 Å². The Morgan fingerprint density at radius 3 is 2.23 bits per heavy atom. The van der Waals surface area contributed by atoms with E-state index in [4.69, 9.17) is 26.6 Å². The van der Waals surface area contributed by atoms with Gasteiger partial charge in [-0.3, -0.25) is 9.36 Å². The first-order chi connectivity index (χ1) is 17.1. The average Bonchev–Trinajstić information content (AvgIpc) is 3.15. The molecule has 0 amide bonds. The molecule has 35 heavy (non-hydrogen) atoms. The summed E-state index contributed by atoms with van der Waals surface area (Å²) < 4.78 is 3.82. The molecule has 0 aliphatic heterocycles. The molecule has 6 nitrogen and oxygen atoms in total. The molecule has 7 heteroatoms. The Hall–Kier alpha value is -3.25. The summed E-state index contributed by atoms with van der Waals surface area (Å²) >= 11 is 6.05. The first-order valence-corrected chi connectivity index (χ1v) is 12.8. The summed E-state index contributed by atoms with van der Waals surface area (Å²) in [4.78, 5) is 28.6. The van der Waals surface area contributed by atoms with Crippen molar-refractivity contribution in [3.63, 3.8) is 0 Å². The van der Waals surface area contributed by atoms with Crippen molar-refractivity contribution in [3.8, 4) is 0 Å². The van der Waals surface area contributed by atoms with Crippen LogP contribution < -0.4 is 5.56 Å². The quantitative estimate of drug-likeness (QED) is 0.218. The van der Waals surface area contributed by atoms with Crippen molar-refractivity contribution in [1.82, 2.24) is 24.1 Å². The third kappa shape index (κ3) is 4.67. The summed E-state index contributed by atoms with van der Waals surface area (Å²) in [7, 11) is 0. The lowest BCUT2D eigenvalue weighted by atomic mass is 10.1. The minimum absolute atomic E-state index is 0.0845. The molecule has 2 aromatic carbocycles. The summed E-state index contributed by atoms with van der Waals surface area (Å²) in [5, 5.41) is 1.22. The van der Waals surface area contributed by atoms with Crippen molar-refractivity contribution in [2.24, 2.45) is 0 Å². The number of unbranched alkanes of at least 4 members (excludes halogenated alkanes) is 5. The number of para-hydroxylation sites is 2. The van der Waals surface area contributed by atoms with E-state index in [-0.39, 0.29) is 5.56 Å². The minimum atomic E-state index is -0.0845. The van der Waals surface area contributed by atoms with Gasteiger partial charge in [-0.1, -0.05) is 74.9 Å². The van der Waals surface area contributed by atoms with Gasteiger partial charge in [0.05, 0.1) is 17.6 Å². The molecule has 0 bridgehead atoms. The summed E-state index contributed by atoms with van der Waals surface area (Å²) in [5.41, 5.74) is 4.56. The maximum Gasteiger partial charge on any atom is 0.265 e. The third-order valence-corrected chi connectivity index (χ3v) is 6.88. The average molecular weight is 488 g/mol. The fraction of sp³-hybridized carbons (Fsp3) is 0.357. The van der Waals surface area contributed by atoms with Crippen LogP contribution >= 0.6 is 11.6 Å². The first kappa shape index (κ1) is 23.5. The fourth-order valence-electron chi connectivity index (χ4n) is 4.72. The maximum atomic E-state index is 13.8. The predicted molar refractivity (Wildman–Crippen MR) is 143 cm³/mol. The minimum Gasteiger partial charge on any atom is -0.308 e. The Bertz CT molecular complexity index is 1550. The lowest BCUT2D eigenvalue weighted by molar-refractivity contribution is 0.567. The van der Waals surface area contributed by atoms with Crippen LogP contribution in [0.3, 0.4) is 0 Å². The lowest BCUT2D eigenvalue weighted by Gasteiger charge is -2.11. The number of aryl methyl sites for hydroxylation is 2. The molecule has 3 aromatic heterocycles. The van der Waals surface area contributed by atoms with Gasteiger partial charge in [0.2, 0.25) is 0 Å². The van der Waals surface area contributed by atoms with Gasteiger partial charge in [-0.25, -0.2) is 15.0 Å². The number of halogens is 1. The van der Waals surface area contributed by atoms with Gasteiger partial charge in [0.1, 0.15) is 16.7 Å². The van der Waals surface area contributed by atoms with Crippen LogP contribution in [0.25, 0.3) is 33.2 Å². The summed E-state index contributed by atoms with van der Waals surface area (Å²) in [6.07, 6.45) is 7.17. The maximum absolute atomic E-state index is 13.8. The molecule has 0 aliphatic carbocycles. The molecule has 0 unspecified atom stereocenters. The Balaban J connectivity index is 1.63. The van der Waals surface area contributed by atoms with Crippen LogP contribution in [0.4, 0.5) is 0 Å². The summed E-state index contributed by atoms with van der Waals surface area (Å²) in [5.74, 6) is 0.675. The van der Waals surface area contributed by atoms with Gasteiger partial charge in [-0.05, 0) is 43.2 Å². The Morgan fingerprint density at radius 2 is 1.49 bits per heavy atom. The van der Waals surface area contributed by atoms with Gasteiger partial charge in [0.25, 0.3) is 5.56 Å². The SMILES string of the molecule is CCCCCCCCn1c2nc3ccccc3nc2c2c(=O)n(Cc3ccc(Cl)cc3)c(C)nc21. The highest BCUT2D eigenvalue weighted by Crippen LogP contribution is 2.26. The van der Waals surface area contributed by atoms with E-state index in [2.05, 4.69) is 11.5 Å². The number of hydrogen-bond acceptors (Lipinski definition) is 4. The van der Waals surface area contributed by atoms with Crippen molar-refractivity contribution < 1.29 is 0 Å². The van der Waals surface area contributed by atoms with E-state index in [1.807, 2.05) is 55.5 Å². The molecule has 0 radical (unpaired) electrons. The lowest BCUT2D eigenvalue weighted by Crippen LogP contribution is -2.24. The second-order valence-electron chi connectivity index (χ2n) is 9.18. The summed E-state index contributed by atoms with van der Waals surface area (Å²) in [6, 6.07) is 15.4. The molecule has 0 aliphatic rings. The normalized spacial score (nSPS) is 11.7. The number of rotatable bonds is 9. The molecule has 0 fully saturated rings. The molecule has 3 heterocycles. The van der Waals surface area contributed by atoms with Crippen LogP contribution in [0.5, 0.6) is 0 Å². The van der Waals surface area contributed by atoms with Gasteiger partial charge in [-0.2, -0.15) is 0 Å². The molecule has 0 saturated carbocycles. The van der Waals surface area contributed by atoms with Gasteiger partial charge < -0.3 is 4.57 Å². The van der Waals surface area contributed by atoms with Crippen LogP contribution in [0, 0.1) is 6.92 Å². The van der Waals surface area contributed by atoms with E-state index in [1.54, 1.807) is 4.57 Å². The largest absolute Gasteiger partial charge is 0.308 e. The fourth-order valence-corrected chi connectivity index (χ4v) is 4.84. The second-order valence-corrected chi connectivity index (χ2v) is 9.62. The Morgan fingerprint density at radius 1 is 0.800 bits per heavy atom. The van der Waals surface area contributed by atoms with Crippen LogP contribution in [0.2, 0.25) is 5.02 Å². The smallest absolute Gasteiger partial charge is 0.265 e. The van der Waals surface area contributed by atoms with E-state index in [9.17, 15) is 4.79 Å². The molecule has 0 atom stereocenters. The van der Waals surface area contributed by atoms with Gasteiger partial charge in [0.15, 0.2) is 11.3 Å². The van der Waals surface area contributed by atoms with Gasteiger partial charge in [0, 0.05) is 11.6 Å². The van der Waals surface area contributed by atoms with Gasteiger partial charge in [-0.15, -0.1) is 0 Å². The zero-order valence-corrected chi connectivity index (χ0v) is 21.1. The highest BCUT2D eigenvalue weighted by atomic mass is 35.5. The third-order valence-electron chi connectivity index (χ3n) is 6.63. The molecule has 5 rings (SSSR count). The number of aromatic nitrogens is 5. The molecule has 0 spiro atoms. The Labute approximate surface area is 209 Å². The summed E-state index contributed by atoms with van der Waals surface area (Å²) in [6.45, 7) is 5.32. The van der Waals surface area contributed by atoms with E-state index in [0.29, 0.717) is 33.9 Å². The topological polar surface area (TPSA) is 65.6 Å². The number of benzene rings is 2. The second kappa shape index (κ2) is 10.2.